The van der Waals surface area contributed by atoms with Crippen molar-refractivity contribution in [3.63, 3.8) is 0 Å². The van der Waals surface area contributed by atoms with Gasteiger partial charge in [-0.25, -0.2) is 4.39 Å². The number of aromatic nitrogens is 2. The van der Waals surface area contributed by atoms with Gasteiger partial charge in [0.15, 0.2) is 0 Å². The summed E-state index contributed by atoms with van der Waals surface area (Å²) in [6.45, 7) is 5.75. The van der Waals surface area contributed by atoms with Crippen LogP contribution in [0.5, 0.6) is 0 Å². The van der Waals surface area contributed by atoms with Gasteiger partial charge in [-0.15, -0.1) is 0 Å². The minimum atomic E-state index is -0.511. The van der Waals surface area contributed by atoms with Crippen LogP contribution in [-0.2, 0) is 0 Å². The molecule has 0 saturated carbocycles. The largest absolute Gasteiger partial charge is 0.340 e. The fourth-order valence-corrected chi connectivity index (χ4v) is 2.76. The zero-order valence-corrected chi connectivity index (χ0v) is 15.9. The van der Waals surface area contributed by atoms with E-state index in [1.165, 1.54) is 18.2 Å². The minimum Gasteiger partial charge on any atom is -0.340 e. The maximum atomic E-state index is 13.4. The van der Waals surface area contributed by atoms with Crippen molar-refractivity contribution in [3.8, 4) is 11.4 Å². The van der Waals surface area contributed by atoms with Crippen LogP contribution < -0.4 is 5.32 Å². The number of amides is 1. The Bertz CT molecular complexity index is 971. The van der Waals surface area contributed by atoms with E-state index < -0.39 is 17.8 Å². The standard InChI is InChI=1S/C20H19ClFN3O2/c1-11(2)17(23-19(26)14-5-4-6-15(22)9-14)20-24-18(25-27-20)13-8-7-12(3)16(21)10-13/h4-11,17H,1-3H3,(H,23,26)/t17-/m1/s1. The van der Waals surface area contributed by atoms with Gasteiger partial charge >= 0.3 is 0 Å². The molecule has 0 aliphatic rings. The van der Waals surface area contributed by atoms with E-state index in [9.17, 15) is 9.18 Å². The van der Waals surface area contributed by atoms with Crippen molar-refractivity contribution in [1.29, 1.82) is 0 Å². The van der Waals surface area contributed by atoms with Crippen molar-refractivity contribution >= 4 is 17.5 Å². The first-order valence-corrected chi connectivity index (χ1v) is 8.89. The van der Waals surface area contributed by atoms with Crippen LogP contribution in [0.2, 0.25) is 5.02 Å². The SMILES string of the molecule is Cc1ccc(-c2noc([C@H](NC(=O)c3cccc(F)c3)C(C)C)n2)cc1Cl. The number of rotatable bonds is 5. The quantitative estimate of drug-likeness (QED) is 0.671. The first-order chi connectivity index (χ1) is 12.8. The van der Waals surface area contributed by atoms with Crippen molar-refractivity contribution in [1.82, 2.24) is 15.5 Å². The van der Waals surface area contributed by atoms with E-state index in [-0.39, 0.29) is 17.4 Å². The number of nitrogens with one attached hydrogen (secondary N) is 1. The molecule has 1 heterocycles. The Labute approximate surface area is 161 Å². The highest BCUT2D eigenvalue weighted by Crippen LogP contribution is 2.26. The van der Waals surface area contributed by atoms with E-state index in [1.807, 2.05) is 32.9 Å². The Balaban J connectivity index is 1.84. The molecule has 2 aromatic carbocycles. The van der Waals surface area contributed by atoms with Gasteiger partial charge in [-0.3, -0.25) is 4.79 Å². The summed E-state index contributed by atoms with van der Waals surface area (Å²) < 4.78 is 18.7. The van der Waals surface area contributed by atoms with Gasteiger partial charge < -0.3 is 9.84 Å². The van der Waals surface area contributed by atoms with Gasteiger partial charge in [0.2, 0.25) is 11.7 Å². The molecule has 0 unspecified atom stereocenters. The van der Waals surface area contributed by atoms with Crippen LogP contribution >= 0.6 is 11.6 Å². The molecule has 140 valence electrons. The highest BCUT2D eigenvalue weighted by Gasteiger charge is 2.25. The fraction of sp³-hybridized carbons (Fsp3) is 0.250. The van der Waals surface area contributed by atoms with Gasteiger partial charge in [-0.05, 0) is 42.7 Å². The van der Waals surface area contributed by atoms with E-state index >= 15 is 0 Å². The van der Waals surface area contributed by atoms with Crippen molar-refractivity contribution in [2.75, 3.05) is 0 Å². The van der Waals surface area contributed by atoms with Crippen molar-refractivity contribution in [2.24, 2.45) is 5.92 Å². The number of nitrogens with zero attached hydrogens (tertiary/aromatic N) is 2. The molecule has 0 saturated heterocycles. The lowest BCUT2D eigenvalue weighted by Gasteiger charge is -2.18. The maximum Gasteiger partial charge on any atom is 0.252 e. The van der Waals surface area contributed by atoms with Crippen molar-refractivity contribution in [2.45, 2.75) is 26.8 Å². The second-order valence-corrected chi connectivity index (χ2v) is 7.03. The van der Waals surface area contributed by atoms with E-state index in [1.54, 1.807) is 12.1 Å². The molecule has 0 radical (unpaired) electrons. The van der Waals surface area contributed by atoms with E-state index in [4.69, 9.17) is 16.1 Å². The second-order valence-electron chi connectivity index (χ2n) is 6.63. The summed E-state index contributed by atoms with van der Waals surface area (Å²) in [6.07, 6.45) is 0. The van der Waals surface area contributed by atoms with E-state index in [2.05, 4.69) is 15.5 Å². The van der Waals surface area contributed by atoms with Crippen LogP contribution in [0.3, 0.4) is 0 Å². The molecular weight excluding hydrogens is 369 g/mol. The average molecular weight is 388 g/mol. The summed E-state index contributed by atoms with van der Waals surface area (Å²) in [4.78, 5) is 16.9. The summed E-state index contributed by atoms with van der Waals surface area (Å²) >= 11 is 6.16. The monoisotopic (exact) mass is 387 g/mol. The maximum absolute atomic E-state index is 13.4. The summed E-state index contributed by atoms with van der Waals surface area (Å²) in [7, 11) is 0. The first kappa shape index (κ1) is 19.0. The van der Waals surface area contributed by atoms with Crippen LogP contribution in [0, 0.1) is 18.7 Å². The molecule has 3 aromatic rings. The van der Waals surface area contributed by atoms with Gasteiger partial charge in [0.1, 0.15) is 11.9 Å². The predicted octanol–water partition coefficient (Wildman–Crippen LogP) is 4.96. The molecule has 7 heteroatoms. The Morgan fingerprint density at radius 3 is 2.67 bits per heavy atom. The van der Waals surface area contributed by atoms with Crippen LogP contribution in [0.4, 0.5) is 4.39 Å². The number of halogens is 2. The molecule has 1 aromatic heterocycles. The van der Waals surface area contributed by atoms with Crippen LogP contribution in [0.1, 0.15) is 41.7 Å². The third kappa shape index (κ3) is 4.34. The Morgan fingerprint density at radius 2 is 2.00 bits per heavy atom. The zero-order chi connectivity index (χ0) is 19.6. The smallest absolute Gasteiger partial charge is 0.252 e. The van der Waals surface area contributed by atoms with Gasteiger partial charge in [-0.2, -0.15) is 4.98 Å². The lowest BCUT2D eigenvalue weighted by molar-refractivity contribution is 0.0913. The van der Waals surface area contributed by atoms with Gasteiger partial charge in [-0.1, -0.05) is 48.8 Å². The summed E-state index contributed by atoms with van der Waals surface area (Å²) in [5.41, 5.74) is 1.90. The molecule has 0 aliphatic heterocycles. The molecule has 5 nitrogen and oxygen atoms in total. The topological polar surface area (TPSA) is 68.0 Å². The lowest BCUT2D eigenvalue weighted by atomic mass is 10.0. The normalized spacial score (nSPS) is 12.2. The zero-order valence-electron chi connectivity index (χ0n) is 15.2. The molecular formula is C20H19ClFN3O2. The number of hydrogen-bond acceptors (Lipinski definition) is 4. The highest BCUT2D eigenvalue weighted by atomic mass is 35.5. The third-order valence-corrected chi connectivity index (χ3v) is 4.59. The van der Waals surface area contributed by atoms with Crippen molar-refractivity contribution in [3.05, 3.63) is 70.3 Å². The molecule has 1 N–H and O–H groups in total. The molecule has 27 heavy (non-hydrogen) atoms. The Morgan fingerprint density at radius 1 is 1.22 bits per heavy atom. The van der Waals surface area contributed by atoms with E-state index in [0.29, 0.717) is 10.8 Å². The average Bonchev–Trinajstić information content (AvgIpc) is 3.11. The minimum absolute atomic E-state index is 0.0163. The molecule has 1 amide bonds. The number of hydrogen-bond donors (Lipinski definition) is 1. The molecule has 1 atom stereocenters. The predicted molar refractivity (Wildman–Crippen MR) is 101 cm³/mol. The van der Waals surface area contributed by atoms with Crippen LogP contribution in [0.25, 0.3) is 11.4 Å². The Kier molecular flexibility index (Phi) is 5.56. The molecule has 0 aliphatic carbocycles. The molecule has 0 fully saturated rings. The number of aryl methyl sites for hydroxylation is 1. The molecule has 0 spiro atoms. The summed E-state index contributed by atoms with van der Waals surface area (Å²) in [5.74, 6) is -0.233. The molecule has 0 bridgehead atoms. The van der Waals surface area contributed by atoms with Crippen LogP contribution in [-0.4, -0.2) is 16.0 Å². The van der Waals surface area contributed by atoms with Gasteiger partial charge in [0.05, 0.1) is 0 Å². The molecule has 3 rings (SSSR count). The summed E-state index contributed by atoms with van der Waals surface area (Å²) in [5, 5.41) is 7.44. The second kappa shape index (κ2) is 7.88. The van der Waals surface area contributed by atoms with Crippen LogP contribution in [0.15, 0.2) is 47.0 Å². The number of carbonyl (C=O) groups is 1. The van der Waals surface area contributed by atoms with Gasteiger partial charge in [0.25, 0.3) is 5.91 Å². The number of benzene rings is 2. The lowest BCUT2D eigenvalue weighted by Crippen LogP contribution is -2.32. The number of carbonyl (C=O) groups excluding carboxylic acids is 1. The first-order valence-electron chi connectivity index (χ1n) is 8.51. The van der Waals surface area contributed by atoms with Gasteiger partial charge in [0, 0.05) is 16.1 Å². The Hall–Kier alpha value is -2.73. The van der Waals surface area contributed by atoms with Crippen molar-refractivity contribution < 1.29 is 13.7 Å². The fourth-order valence-electron chi connectivity index (χ4n) is 2.58. The highest BCUT2D eigenvalue weighted by molar-refractivity contribution is 6.31. The third-order valence-electron chi connectivity index (χ3n) is 4.18. The van der Waals surface area contributed by atoms with E-state index in [0.717, 1.165) is 11.1 Å². The summed E-state index contributed by atoms with van der Waals surface area (Å²) in [6, 6.07) is 10.5.